The number of urea groups is 1. The SMILES string of the molecule is C=CCNC(=O)[C@H](C)OC(=O)CCCN1C(=O)NC2(CCCC2)C1=O. The first-order valence-electron chi connectivity index (χ1n) is 8.62. The van der Waals surface area contributed by atoms with Gasteiger partial charge < -0.3 is 15.4 Å². The van der Waals surface area contributed by atoms with Crippen LogP contribution in [-0.2, 0) is 19.1 Å². The third-order valence-corrected chi connectivity index (χ3v) is 4.56. The topological polar surface area (TPSA) is 105 Å². The lowest BCUT2D eigenvalue weighted by molar-refractivity contribution is -0.155. The second-order valence-electron chi connectivity index (χ2n) is 6.45. The van der Waals surface area contributed by atoms with Crippen molar-refractivity contribution in [2.75, 3.05) is 13.1 Å². The van der Waals surface area contributed by atoms with Gasteiger partial charge in [-0.05, 0) is 26.2 Å². The molecule has 0 aromatic carbocycles. The molecule has 1 aliphatic carbocycles. The number of carbonyl (C=O) groups is 4. The molecule has 2 N–H and O–H groups in total. The first kappa shape index (κ1) is 19.0. The van der Waals surface area contributed by atoms with Gasteiger partial charge in [0.05, 0.1) is 0 Å². The molecule has 1 aliphatic heterocycles. The van der Waals surface area contributed by atoms with Crippen molar-refractivity contribution >= 4 is 23.8 Å². The van der Waals surface area contributed by atoms with Gasteiger partial charge in [0.1, 0.15) is 5.54 Å². The summed E-state index contributed by atoms with van der Waals surface area (Å²) in [6.45, 7) is 5.43. The molecule has 1 saturated heterocycles. The molecule has 2 rings (SSSR count). The smallest absolute Gasteiger partial charge is 0.325 e. The third kappa shape index (κ3) is 4.37. The first-order chi connectivity index (χ1) is 11.9. The Bertz CT molecular complexity index is 569. The number of esters is 1. The predicted octanol–water partition coefficient (Wildman–Crippen LogP) is 0.865. The van der Waals surface area contributed by atoms with E-state index in [0.717, 1.165) is 12.8 Å². The molecule has 1 spiro atoms. The summed E-state index contributed by atoms with van der Waals surface area (Å²) >= 11 is 0. The van der Waals surface area contributed by atoms with Crippen molar-refractivity contribution in [3.8, 4) is 0 Å². The highest BCUT2D eigenvalue weighted by Gasteiger charge is 2.52. The van der Waals surface area contributed by atoms with Gasteiger partial charge in [-0.25, -0.2) is 4.79 Å². The molecule has 2 aliphatic rings. The Hall–Kier alpha value is -2.38. The molecule has 1 saturated carbocycles. The maximum atomic E-state index is 12.4. The average molecular weight is 351 g/mol. The lowest BCUT2D eigenvalue weighted by Crippen LogP contribution is -2.44. The molecular formula is C17H25N3O5. The summed E-state index contributed by atoms with van der Waals surface area (Å²) in [4.78, 5) is 49.0. The van der Waals surface area contributed by atoms with Crippen molar-refractivity contribution in [3.05, 3.63) is 12.7 Å². The second-order valence-corrected chi connectivity index (χ2v) is 6.45. The van der Waals surface area contributed by atoms with Gasteiger partial charge in [0.25, 0.3) is 11.8 Å². The Balaban J connectivity index is 1.74. The number of nitrogens with zero attached hydrogens (tertiary/aromatic N) is 1. The van der Waals surface area contributed by atoms with Gasteiger partial charge in [0.15, 0.2) is 6.10 Å². The minimum Gasteiger partial charge on any atom is -0.453 e. The van der Waals surface area contributed by atoms with E-state index in [2.05, 4.69) is 17.2 Å². The molecular weight excluding hydrogens is 326 g/mol. The number of amides is 4. The van der Waals surface area contributed by atoms with Crippen molar-refractivity contribution in [3.63, 3.8) is 0 Å². The van der Waals surface area contributed by atoms with Crippen molar-refractivity contribution in [1.82, 2.24) is 15.5 Å². The summed E-state index contributed by atoms with van der Waals surface area (Å²) in [6, 6.07) is -0.391. The highest BCUT2D eigenvalue weighted by atomic mass is 16.5. The van der Waals surface area contributed by atoms with Gasteiger partial charge in [-0.1, -0.05) is 18.9 Å². The van der Waals surface area contributed by atoms with Crippen LogP contribution in [0.5, 0.6) is 0 Å². The highest BCUT2D eigenvalue weighted by molar-refractivity contribution is 6.07. The third-order valence-electron chi connectivity index (χ3n) is 4.56. The fourth-order valence-corrected chi connectivity index (χ4v) is 3.20. The highest BCUT2D eigenvalue weighted by Crippen LogP contribution is 2.35. The molecule has 1 atom stereocenters. The number of nitrogens with one attached hydrogen (secondary N) is 2. The molecule has 0 aromatic heterocycles. The van der Waals surface area contributed by atoms with Crippen LogP contribution in [0.2, 0.25) is 0 Å². The average Bonchev–Trinajstić information content (AvgIpc) is 3.13. The Labute approximate surface area is 146 Å². The van der Waals surface area contributed by atoms with Crippen LogP contribution in [0.3, 0.4) is 0 Å². The van der Waals surface area contributed by atoms with Gasteiger partial charge >= 0.3 is 12.0 Å². The van der Waals surface area contributed by atoms with Crippen LogP contribution in [0.25, 0.3) is 0 Å². The number of imide groups is 1. The molecule has 4 amide bonds. The van der Waals surface area contributed by atoms with Gasteiger partial charge in [-0.2, -0.15) is 0 Å². The summed E-state index contributed by atoms with van der Waals surface area (Å²) < 4.78 is 5.03. The van der Waals surface area contributed by atoms with Crippen LogP contribution >= 0.6 is 0 Å². The Kier molecular flexibility index (Phi) is 6.17. The van der Waals surface area contributed by atoms with E-state index in [4.69, 9.17) is 4.74 Å². The number of hydrogen-bond donors (Lipinski definition) is 2. The van der Waals surface area contributed by atoms with E-state index in [1.165, 1.54) is 17.9 Å². The fraction of sp³-hybridized carbons (Fsp3) is 0.647. The summed E-state index contributed by atoms with van der Waals surface area (Å²) in [5.74, 6) is -1.13. The van der Waals surface area contributed by atoms with Crippen molar-refractivity contribution in [2.24, 2.45) is 0 Å². The van der Waals surface area contributed by atoms with Gasteiger partial charge in [0.2, 0.25) is 0 Å². The van der Waals surface area contributed by atoms with E-state index in [1.807, 2.05) is 0 Å². The molecule has 2 fully saturated rings. The number of ether oxygens (including phenoxy) is 1. The molecule has 1 heterocycles. The number of carbonyl (C=O) groups excluding carboxylic acids is 4. The van der Waals surface area contributed by atoms with Crippen LogP contribution in [-0.4, -0.2) is 53.4 Å². The zero-order valence-electron chi connectivity index (χ0n) is 14.5. The quantitative estimate of drug-likeness (QED) is 0.383. The molecule has 0 bridgehead atoms. The summed E-state index contributed by atoms with van der Waals surface area (Å²) in [5.41, 5.74) is -0.727. The normalized spacial score (nSPS) is 19.6. The van der Waals surface area contributed by atoms with Gasteiger partial charge in [-0.15, -0.1) is 6.58 Å². The van der Waals surface area contributed by atoms with E-state index >= 15 is 0 Å². The lowest BCUT2D eigenvalue weighted by atomic mass is 9.98. The van der Waals surface area contributed by atoms with E-state index in [9.17, 15) is 19.2 Å². The predicted molar refractivity (Wildman–Crippen MR) is 89.4 cm³/mol. The van der Waals surface area contributed by atoms with Crippen molar-refractivity contribution < 1.29 is 23.9 Å². The minimum atomic E-state index is -0.897. The molecule has 138 valence electrons. The Morgan fingerprint density at radius 2 is 2.08 bits per heavy atom. The van der Waals surface area contributed by atoms with Crippen LogP contribution < -0.4 is 10.6 Å². The van der Waals surface area contributed by atoms with Crippen LogP contribution in [0, 0.1) is 0 Å². The molecule has 8 nitrogen and oxygen atoms in total. The Morgan fingerprint density at radius 3 is 2.72 bits per heavy atom. The second kappa shape index (κ2) is 8.13. The zero-order valence-corrected chi connectivity index (χ0v) is 14.5. The van der Waals surface area contributed by atoms with Crippen LogP contribution in [0.15, 0.2) is 12.7 Å². The summed E-state index contributed by atoms with van der Waals surface area (Å²) in [7, 11) is 0. The van der Waals surface area contributed by atoms with E-state index < -0.39 is 29.6 Å². The van der Waals surface area contributed by atoms with E-state index in [0.29, 0.717) is 25.8 Å². The van der Waals surface area contributed by atoms with Crippen LogP contribution in [0.1, 0.15) is 45.4 Å². The molecule has 0 unspecified atom stereocenters. The first-order valence-corrected chi connectivity index (χ1v) is 8.62. The standard InChI is InChI=1S/C17H25N3O5/c1-3-10-18-14(22)12(2)25-13(21)7-6-11-20-15(23)17(19-16(20)24)8-4-5-9-17/h3,12H,1,4-11H2,2H3,(H,18,22)(H,19,24)/t12-/m0/s1. The maximum absolute atomic E-state index is 12.4. The van der Waals surface area contributed by atoms with Crippen molar-refractivity contribution in [1.29, 1.82) is 0 Å². The zero-order chi connectivity index (χ0) is 18.4. The minimum absolute atomic E-state index is 0.0309. The molecule has 25 heavy (non-hydrogen) atoms. The monoisotopic (exact) mass is 351 g/mol. The molecule has 8 heteroatoms. The van der Waals surface area contributed by atoms with E-state index in [-0.39, 0.29) is 18.9 Å². The lowest BCUT2D eigenvalue weighted by Gasteiger charge is -2.20. The van der Waals surface area contributed by atoms with E-state index in [1.54, 1.807) is 0 Å². The Morgan fingerprint density at radius 1 is 1.40 bits per heavy atom. The largest absolute Gasteiger partial charge is 0.453 e. The van der Waals surface area contributed by atoms with Gasteiger partial charge in [-0.3, -0.25) is 19.3 Å². The summed E-state index contributed by atoms with van der Waals surface area (Å²) in [5, 5.41) is 5.33. The van der Waals surface area contributed by atoms with Gasteiger partial charge in [0, 0.05) is 19.5 Å². The number of hydrogen-bond acceptors (Lipinski definition) is 5. The number of rotatable bonds is 8. The summed E-state index contributed by atoms with van der Waals surface area (Å²) in [6.07, 6.45) is 4.17. The van der Waals surface area contributed by atoms with Crippen LogP contribution in [0.4, 0.5) is 4.79 Å². The fourth-order valence-electron chi connectivity index (χ4n) is 3.20. The molecule has 0 radical (unpaired) electrons. The van der Waals surface area contributed by atoms with Crippen molar-refractivity contribution in [2.45, 2.75) is 57.1 Å². The molecule has 0 aromatic rings. The maximum Gasteiger partial charge on any atom is 0.325 e.